The normalized spacial score (nSPS) is 22.1. The van der Waals surface area contributed by atoms with E-state index in [0.29, 0.717) is 31.8 Å². The minimum atomic E-state index is -1.05. The Morgan fingerprint density at radius 3 is 2.71 bits per heavy atom. The van der Waals surface area contributed by atoms with Crippen LogP contribution in [-0.4, -0.2) is 60.0 Å². The van der Waals surface area contributed by atoms with Crippen LogP contribution in [0.4, 0.5) is 0 Å². The average Bonchev–Trinajstić information content (AvgIpc) is 2.52. The van der Waals surface area contributed by atoms with Crippen LogP contribution >= 0.6 is 0 Å². The average molecular weight is 335 g/mol. The molecule has 0 bridgehead atoms. The number of likely N-dealkylation sites (tertiary alicyclic amines) is 1. The first kappa shape index (κ1) is 18.3. The van der Waals surface area contributed by atoms with Crippen LogP contribution in [0.2, 0.25) is 0 Å². The molecule has 0 aromatic heterocycles. The molecular formula is C17H25N3O4. The van der Waals surface area contributed by atoms with Crippen molar-refractivity contribution in [1.82, 2.24) is 15.5 Å². The van der Waals surface area contributed by atoms with Crippen LogP contribution < -0.4 is 10.6 Å². The number of hydrogen-bond donors (Lipinski definition) is 3. The molecule has 2 fully saturated rings. The molecule has 3 N–H and O–H groups in total. The third-order valence-corrected chi connectivity index (χ3v) is 4.67. The van der Waals surface area contributed by atoms with Gasteiger partial charge in [0.2, 0.25) is 11.8 Å². The molecule has 0 aromatic rings. The highest BCUT2D eigenvalue weighted by molar-refractivity contribution is 5.82. The fourth-order valence-electron chi connectivity index (χ4n) is 3.07. The van der Waals surface area contributed by atoms with E-state index < -0.39 is 12.0 Å². The quantitative estimate of drug-likeness (QED) is 0.561. The van der Waals surface area contributed by atoms with Crippen molar-refractivity contribution in [3.8, 4) is 12.3 Å². The maximum Gasteiger partial charge on any atom is 0.306 e. The molecule has 0 radical (unpaired) electrons. The van der Waals surface area contributed by atoms with E-state index in [9.17, 15) is 14.4 Å². The highest BCUT2D eigenvalue weighted by Gasteiger charge is 2.30. The van der Waals surface area contributed by atoms with Crippen LogP contribution in [0.3, 0.4) is 0 Å². The maximum atomic E-state index is 12.3. The van der Waals surface area contributed by atoms with Gasteiger partial charge in [-0.25, -0.2) is 0 Å². The van der Waals surface area contributed by atoms with Gasteiger partial charge in [-0.1, -0.05) is 5.92 Å². The van der Waals surface area contributed by atoms with E-state index in [-0.39, 0.29) is 24.2 Å². The van der Waals surface area contributed by atoms with Crippen molar-refractivity contribution in [3.63, 3.8) is 0 Å². The molecule has 0 saturated carbocycles. The maximum absolute atomic E-state index is 12.3. The molecule has 0 aliphatic carbocycles. The van der Waals surface area contributed by atoms with Gasteiger partial charge in [0, 0.05) is 19.5 Å². The van der Waals surface area contributed by atoms with Gasteiger partial charge in [-0.3, -0.25) is 14.4 Å². The molecule has 7 heteroatoms. The molecule has 2 atom stereocenters. The summed E-state index contributed by atoms with van der Waals surface area (Å²) < 4.78 is 0. The number of terminal acetylenes is 1. The second-order valence-corrected chi connectivity index (χ2v) is 6.57. The van der Waals surface area contributed by atoms with Crippen LogP contribution in [0.15, 0.2) is 0 Å². The van der Waals surface area contributed by atoms with Crippen molar-refractivity contribution in [2.45, 2.75) is 38.1 Å². The van der Waals surface area contributed by atoms with Crippen molar-refractivity contribution < 1.29 is 19.5 Å². The van der Waals surface area contributed by atoms with E-state index >= 15 is 0 Å². The standard InChI is InChI=1S/C17H25N3O4/c1-2-14(8-16(22)23)19-17(24)13-4-3-7-20(11-13)15(21)6-5-12-9-18-10-12/h1,12-14,18H,3-11H2,(H,19,24)(H,22,23)/t13-,14-/m1/s1. The molecule has 2 rings (SSSR count). The first-order chi connectivity index (χ1) is 11.5. The summed E-state index contributed by atoms with van der Waals surface area (Å²) in [6.45, 7) is 3.03. The number of amides is 2. The van der Waals surface area contributed by atoms with Crippen LogP contribution in [0, 0.1) is 24.2 Å². The minimum Gasteiger partial charge on any atom is -0.481 e. The summed E-state index contributed by atoms with van der Waals surface area (Å²) in [4.78, 5) is 37.1. The molecule has 2 aliphatic rings. The van der Waals surface area contributed by atoms with Crippen molar-refractivity contribution >= 4 is 17.8 Å². The summed E-state index contributed by atoms with van der Waals surface area (Å²) in [6.07, 6.45) is 7.83. The van der Waals surface area contributed by atoms with Gasteiger partial charge in [0.15, 0.2) is 0 Å². The first-order valence-electron chi connectivity index (χ1n) is 8.46. The van der Waals surface area contributed by atoms with Gasteiger partial charge < -0.3 is 20.6 Å². The highest BCUT2D eigenvalue weighted by Crippen LogP contribution is 2.19. The number of carbonyl (C=O) groups excluding carboxylic acids is 2. The van der Waals surface area contributed by atoms with E-state index in [4.69, 9.17) is 11.5 Å². The Hall–Kier alpha value is -2.07. The lowest BCUT2D eigenvalue weighted by Gasteiger charge is -2.33. The molecule has 2 aliphatic heterocycles. The summed E-state index contributed by atoms with van der Waals surface area (Å²) >= 11 is 0. The lowest BCUT2D eigenvalue weighted by molar-refractivity contribution is -0.137. The summed E-state index contributed by atoms with van der Waals surface area (Å²) in [5.41, 5.74) is 0. The molecule has 0 aromatic carbocycles. The zero-order chi connectivity index (χ0) is 17.5. The number of piperidine rings is 1. The third-order valence-electron chi connectivity index (χ3n) is 4.67. The van der Waals surface area contributed by atoms with Crippen LogP contribution in [0.1, 0.15) is 32.1 Å². The summed E-state index contributed by atoms with van der Waals surface area (Å²) in [5.74, 6) is 1.33. The van der Waals surface area contributed by atoms with Gasteiger partial charge in [0.05, 0.1) is 12.3 Å². The molecular weight excluding hydrogens is 310 g/mol. The zero-order valence-electron chi connectivity index (χ0n) is 13.8. The lowest BCUT2D eigenvalue weighted by Crippen LogP contribution is -2.48. The molecule has 2 saturated heterocycles. The lowest BCUT2D eigenvalue weighted by atomic mass is 9.94. The predicted octanol–water partition coefficient (Wildman–Crippen LogP) is -0.183. The van der Waals surface area contributed by atoms with Gasteiger partial charge in [0.25, 0.3) is 0 Å². The van der Waals surface area contributed by atoms with Gasteiger partial charge in [0.1, 0.15) is 6.04 Å². The molecule has 2 amide bonds. The molecule has 2 heterocycles. The number of carboxylic acid groups (broad SMARTS) is 1. The number of carboxylic acids is 1. The monoisotopic (exact) mass is 335 g/mol. The number of nitrogens with zero attached hydrogens (tertiary/aromatic N) is 1. The highest BCUT2D eigenvalue weighted by atomic mass is 16.4. The van der Waals surface area contributed by atoms with E-state index in [1.165, 1.54) is 0 Å². The van der Waals surface area contributed by atoms with Crippen LogP contribution in [-0.2, 0) is 14.4 Å². The Kier molecular flexibility index (Phi) is 6.62. The Bertz CT molecular complexity index is 524. The number of carbonyl (C=O) groups is 3. The SMILES string of the molecule is C#C[C@H](CC(=O)O)NC(=O)[C@@H]1CCCN(C(=O)CCC2CNC2)C1. The largest absolute Gasteiger partial charge is 0.481 e. The molecule has 0 spiro atoms. The first-order valence-corrected chi connectivity index (χ1v) is 8.46. The topological polar surface area (TPSA) is 98.7 Å². The number of aliphatic carboxylic acids is 1. The summed E-state index contributed by atoms with van der Waals surface area (Å²) in [5, 5.41) is 14.6. The van der Waals surface area contributed by atoms with E-state index in [1.807, 2.05) is 0 Å². The summed E-state index contributed by atoms with van der Waals surface area (Å²) in [7, 11) is 0. The fourth-order valence-corrected chi connectivity index (χ4v) is 3.07. The number of nitrogens with one attached hydrogen (secondary N) is 2. The Balaban J connectivity index is 1.80. The Morgan fingerprint density at radius 1 is 1.38 bits per heavy atom. The zero-order valence-corrected chi connectivity index (χ0v) is 13.8. The molecule has 132 valence electrons. The van der Waals surface area contributed by atoms with Gasteiger partial charge in [-0.15, -0.1) is 6.42 Å². The fraction of sp³-hybridized carbons (Fsp3) is 0.706. The second-order valence-electron chi connectivity index (χ2n) is 6.57. The van der Waals surface area contributed by atoms with Crippen molar-refractivity contribution in [3.05, 3.63) is 0 Å². The van der Waals surface area contributed by atoms with Crippen LogP contribution in [0.5, 0.6) is 0 Å². The molecule has 24 heavy (non-hydrogen) atoms. The number of rotatable bonds is 7. The smallest absolute Gasteiger partial charge is 0.306 e. The predicted molar refractivity (Wildman–Crippen MR) is 87.9 cm³/mol. The summed E-state index contributed by atoms with van der Waals surface area (Å²) in [6, 6.07) is -0.813. The van der Waals surface area contributed by atoms with Crippen LogP contribution in [0.25, 0.3) is 0 Å². The van der Waals surface area contributed by atoms with Crippen molar-refractivity contribution in [2.75, 3.05) is 26.2 Å². The number of hydrogen-bond acceptors (Lipinski definition) is 4. The van der Waals surface area contributed by atoms with Crippen molar-refractivity contribution in [1.29, 1.82) is 0 Å². The van der Waals surface area contributed by atoms with E-state index in [1.54, 1.807) is 4.90 Å². The van der Waals surface area contributed by atoms with E-state index in [2.05, 4.69) is 16.6 Å². The minimum absolute atomic E-state index is 0.0958. The molecule has 7 nitrogen and oxygen atoms in total. The van der Waals surface area contributed by atoms with E-state index in [0.717, 1.165) is 25.9 Å². The third kappa shape index (κ3) is 5.24. The Labute approximate surface area is 142 Å². The Morgan fingerprint density at radius 2 is 2.12 bits per heavy atom. The van der Waals surface area contributed by atoms with Crippen molar-refractivity contribution in [2.24, 2.45) is 11.8 Å². The second kappa shape index (κ2) is 8.69. The van der Waals surface area contributed by atoms with Gasteiger partial charge >= 0.3 is 5.97 Å². The van der Waals surface area contributed by atoms with Gasteiger partial charge in [-0.2, -0.15) is 0 Å². The molecule has 0 unspecified atom stereocenters. The van der Waals surface area contributed by atoms with Gasteiger partial charge in [-0.05, 0) is 38.3 Å².